The zero-order valence-corrected chi connectivity index (χ0v) is 20.6. The molecule has 0 bridgehead atoms. The fraction of sp³-hybridized carbons (Fsp3) is 0.167. The third kappa shape index (κ3) is 7.64. The van der Waals surface area contributed by atoms with Crippen LogP contribution in [0, 0.1) is 11.2 Å². The molecule has 0 spiro atoms. The predicted molar refractivity (Wildman–Crippen MR) is 137 cm³/mol. The van der Waals surface area contributed by atoms with E-state index in [1.54, 1.807) is 55.6 Å². The normalized spacial score (nSPS) is 11.9. The number of carbonyl (C=O) groups is 1. The number of nitrogens with one attached hydrogen (secondary N) is 2. The van der Waals surface area contributed by atoms with E-state index in [2.05, 4.69) is 15.7 Å². The van der Waals surface area contributed by atoms with Crippen LogP contribution < -0.4 is 20.6 Å². The molecule has 3 aromatic carbocycles. The Kier molecular flexibility index (Phi) is 9.57. The summed E-state index contributed by atoms with van der Waals surface area (Å²) in [5.74, 6) is 4.51. The molecule has 0 saturated heterocycles. The maximum Gasteiger partial charge on any atom is 0.238 e. The average molecular weight is 533 g/mol. The zero-order valence-electron chi connectivity index (χ0n) is 19.1. The van der Waals surface area contributed by atoms with Gasteiger partial charge >= 0.3 is 0 Å². The van der Waals surface area contributed by atoms with E-state index >= 15 is 0 Å². The van der Waals surface area contributed by atoms with Crippen molar-refractivity contribution in [3.05, 3.63) is 82.6 Å². The molecule has 3 aromatic rings. The molecular weight excluding hydrogens is 510 g/mol. The maximum atomic E-state index is 14.6. The number of rotatable bonds is 10. The summed E-state index contributed by atoms with van der Waals surface area (Å²) < 4.78 is 25.8. The van der Waals surface area contributed by atoms with Gasteiger partial charge in [0, 0.05) is 16.8 Å². The van der Waals surface area contributed by atoms with Crippen molar-refractivity contribution in [2.24, 2.45) is 16.2 Å². The van der Waals surface area contributed by atoms with Crippen molar-refractivity contribution < 1.29 is 18.7 Å². The van der Waals surface area contributed by atoms with Crippen molar-refractivity contribution >= 4 is 40.6 Å². The Morgan fingerprint density at radius 1 is 1.14 bits per heavy atom. The van der Waals surface area contributed by atoms with Gasteiger partial charge in [-0.1, -0.05) is 46.6 Å². The maximum absolute atomic E-state index is 14.6. The second-order valence-corrected chi connectivity index (χ2v) is 8.37. The first-order valence-corrected chi connectivity index (χ1v) is 11.3. The lowest BCUT2D eigenvalue weighted by Gasteiger charge is -2.26. The Morgan fingerprint density at radius 2 is 1.92 bits per heavy atom. The summed E-state index contributed by atoms with van der Waals surface area (Å²) in [6, 6.07) is 16.7. The van der Waals surface area contributed by atoms with Gasteiger partial charge in [-0.05, 0) is 49.5 Å². The summed E-state index contributed by atoms with van der Waals surface area (Å²) in [6.07, 6.45) is 0. The number of nitrogens with zero attached hydrogens (tertiary/aromatic N) is 3. The molecule has 188 valence electrons. The van der Waals surface area contributed by atoms with Gasteiger partial charge in [0.05, 0.1) is 11.6 Å². The molecule has 36 heavy (non-hydrogen) atoms. The van der Waals surface area contributed by atoms with Gasteiger partial charge in [0.15, 0.2) is 17.4 Å². The van der Waals surface area contributed by atoms with Crippen molar-refractivity contribution in [2.75, 3.05) is 25.5 Å². The van der Waals surface area contributed by atoms with Crippen LogP contribution in [0.1, 0.15) is 0 Å². The van der Waals surface area contributed by atoms with Crippen LogP contribution in [0.3, 0.4) is 0 Å². The Balaban J connectivity index is 1.63. The number of hydrogen-bond acceptors (Lipinski definition) is 6. The van der Waals surface area contributed by atoms with Crippen LogP contribution in [-0.2, 0) is 4.79 Å². The van der Waals surface area contributed by atoms with Crippen molar-refractivity contribution in [2.45, 2.75) is 6.04 Å². The molecule has 1 amide bonds. The number of para-hydroxylation sites is 1. The third-order valence-electron chi connectivity index (χ3n) is 4.88. The van der Waals surface area contributed by atoms with Gasteiger partial charge in [-0.2, -0.15) is 0 Å². The molecule has 1 atom stereocenters. The summed E-state index contributed by atoms with van der Waals surface area (Å²) in [4.78, 5) is 14.2. The van der Waals surface area contributed by atoms with Gasteiger partial charge in [-0.3, -0.25) is 15.1 Å². The van der Waals surface area contributed by atoms with E-state index in [0.29, 0.717) is 21.5 Å². The second kappa shape index (κ2) is 12.8. The Bertz CT molecular complexity index is 1260. The van der Waals surface area contributed by atoms with E-state index in [-0.39, 0.29) is 30.4 Å². The smallest absolute Gasteiger partial charge is 0.238 e. The van der Waals surface area contributed by atoms with Crippen molar-refractivity contribution in [1.82, 2.24) is 4.90 Å². The molecule has 12 heteroatoms. The SMILES string of the molecule is CN(CC(=O)Nc1ccc(Oc2cccc(Cl)c2)c(F)c1)C(COc1ccccc1Cl)C(=N)N=NN. The monoisotopic (exact) mass is 532 g/mol. The topological polar surface area (TPSA) is 125 Å². The molecule has 3 rings (SSSR count). The molecule has 0 radical (unpaired) electrons. The van der Waals surface area contributed by atoms with E-state index in [1.807, 2.05) is 0 Å². The quantitative estimate of drug-likeness (QED) is 0.104. The predicted octanol–water partition coefficient (Wildman–Crippen LogP) is 5.55. The first kappa shape index (κ1) is 26.9. The number of halogens is 3. The summed E-state index contributed by atoms with van der Waals surface area (Å²) in [6.45, 7) is -0.211. The fourth-order valence-corrected chi connectivity index (χ4v) is 3.50. The summed E-state index contributed by atoms with van der Waals surface area (Å²) >= 11 is 12.0. The Hall–Kier alpha value is -3.73. The van der Waals surface area contributed by atoms with E-state index in [4.69, 9.17) is 43.9 Å². The number of hydrogen-bond donors (Lipinski definition) is 3. The molecule has 9 nitrogen and oxygen atoms in total. The lowest BCUT2D eigenvalue weighted by Crippen LogP contribution is -2.45. The Labute approximate surface area is 217 Å². The van der Waals surface area contributed by atoms with E-state index in [1.165, 1.54) is 17.0 Å². The van der Waals surface area contributed by atoms with Crippen molar-refractivity contribution in [3.8, 4) is 17.2 Å². The number of ether oxygens (including phenoxy) is 2. The van der Waals surface area contributed by atoms with Crippen LogP contribution >= 0.6 is 23.2 Å². The summed E-state index contributed by atoms with van der Waals surface area (Å²) in [7, 11) is 1.60. The first-order chi connectivity index (χ1) is 17.3. The van der Waals surface area contributed by atoms with Crippen LogP contribution in [0.25, 0.3) is 0 Å². The molecular formula is C24H23Cl2FN6O3. The molecule has 0 fully saturated rings. The summed E-state index contributed by atoms with van der Waals surface area (Å²) in [5, 5.41) is 18.3. The molecule has 0 aromatic heterocycles. The summed E-state index contributed by atoms with van der Waals surface area (Å²) in [5.41, 5.74) is 0.227. The lowest BCUT2D eigenvalue weighted by atomic mass is 10.2. The number of amides is 1. The van der Waals surface area contributed by atoms with Crippen LogP contribution in [0.15, 0.2) is 77.1 Å². The zero-order chi connectivity index (χ0) is 26.1. The first-order valence-electron chi connectivity index (χ1n) is 10.6. The highest BCUT2D eigenvalue weighted by atomic mass is 35.5. The van der Waals surface area contributed by atoms with Gasteiger partial charge in [0.1, 0.15) is 24.1 Å². The minimum atomic E-state index is -0.774. The molecule has 1 unspecified atom stereocenters. The van der Waals surface area contributed by atoms with Crippen molar-refractivity contribution in [3.63, 3.8) is 0 Å². The van der Waals surface area contributed by atoms with Gasteiger partial charge in [-0.15, -0.1) is 5.11 Å². The van der Waals surface area contributed by atoms with Gasteiger partial charge in [0.2, 0.25) is 5.91 Å². The second-order valence-electron chi connectivity index (χ2n) is 7.53. The number of anilines is 1. The minimum absolute atomic E-state index is 0.0234. The highest BCUT2D eigenvalue weighted by Gasteiger charge is 2.24. The van der Waals surface area contributed by atoms with Crippen LogP contribution in [0.2, 0.25) is 10.0 Å². The minimum Gasteiger partial charge on any atom is -0.490 e. The molecule has 0 aliphatic carbocycles. The Morgan fingerprint density at radius 3 is 2.61 bits per heavy atom. The molecule has 0 saturated carbocycles. The third-order valence-corrected chi connectivity index (χ3v) is 5.43. The number of nitrogens with two attached hydrogens (primary N) is 1. The van der Waals surface area contributed by atoms with Crippen LogP contribution in [0.5, 0.6) is 17.2 Å². The molecule has 0 aliphatic heterocycles. The highest BCUT2D eigenvalue weighted by molar-refractivity contribution is 6.32. The highest BCUT2D eigenvalue weighted by Crippen LogP contribution is 2.28. The van der Waals surface area contributed by atoms with Gasteiger partial charge in [0.25, 0.3) is 0 Å². The van der Waals surface area contributed by atoms with Gasteiger partial charge in [-0.25, -0.2) is 4.39 Å². The molecule has 0 aliphatic rings. The fourth-order valence-electron chi connectivity index (χ4n) is 3.13. The van der Waals surface area contributed by atoms with Gasteiger partial charge < -0.3 is 20.6 Å². The van der Waals surface area contributed by atoms with Crippen LogP contribution in [-0.4, -0.2) is 42.9 Å². The number of likely N-dealkylation sites (N-methyl/N-ethyl adjacent to an activating group) is 1. The number of carbonyl (C=O) groups excluding carboxylic acids is 1. The lowest BCUT2D eigenvalue weighted by molar-refractivity contribution is -0.117. The number of amidine groups is 1. The largest absolute Gasteiger partial charge is 0.490 e. The average Bonchev–Trinajstić information content (AvgIpc) is 2.82. The van der Waals surface area contributed by atoms with E-state index in [9.17, 15) is 9.18 Å². The molecule has 4 N–H and O–H groups in total. The van der Waals surface area contributed by atoms with E-state index < -0.39 is 17.8 Å². The van der Waals surface area contributed by atoms with Crippen LogP contribution in [0.4, 0.5) is 10.1 Å². The molecule has 0 heterocycles. The standard InChI is InChI=1S/C24H23Cl2FN6O3/c1-33(20(24(28)31-32-29)14-35-21-8-3-2-7-18(21)26)13-23(34)30-16-9-10-22(19(27)12-16)36-17-6-4-5-15(25)11-17/h2-12,20H,13-14H2,1H3,(H,30,34)(H3,28,29,31). The van der Waals surface area contributed by atoms with E-state index in [0.717, 1.165) is 6.07 Å². The number of benzene rings is 3. The van der Waals surface area contributed by atoms with Crippen molar-refractivity contribution in [1.29, 1.82) is 5.41 Å².